The molecule has 1 atom stereocenters. The summed E-state index contributed by atoms with van der Waals surface area (Å²) in [6.07, 6.45) is -4.65. The first-order valence-corrected chi connectivity index (χ1v) is 6.25. The van der Waals surface area contributed by atoms with Crippen molar-refractivity contribution >= 4 is 16.9 Å². The van der Waals surface area contributed by atoms with Crippen LogP contribution in [0.5, 0.6) is 0 Å². The highest BCUT2D eigenvalue weighted by Crippen LogP contribution is 2.31. The van der Waals surface area contributed by atoms with Crippen molar-refractivity contribution in [1.29, 1.82) is 0 Å². The molecule has 114 valence electrons. The van der Waals surface area contributed by atoms with Crippen molar-refractivity contribution in [2.75, 3.05) is 6.61 Å². The van der Waals surface area contributed by atoms with E-state index in [0.717, 1.165) is 4.57 Å². The van der Waals surface area contributed by atoms with E-state index in [1.54, 1.807) is 19.1 Å². The lowest BCUT2D eigenvalue weighted by Crippen LogP contribution is -2.37. The summed E-state index contributed by atoms with van der Waals surface area (Å²) in [5.74, 6) is -1.74. The molecule has 2 rings (SSSR count). The van der Waals surface area contributed by atoms with E-state index in [-0.39, 0.29) is 17.6 Å². The molecule has 2 N–H and O–H groups in total. The number of benzene rings is 1. The smallest absolute Gasteiger partial charge is 0.394 e. The van der Waals surface area contributed by atoms with Gasteiger partial charge in [-0.2, -0.15) is 13.2 Å². The van der Waals surface area contributed by atoms with Gasteiger partial charge in [-0.25, -0.2) is 4.98 Å². The topological polar surface area (TPSA) is 67.2 Å². The van der Waals surface area contributed by atoms with Crippen LogP contribution in [0.15, 0.2) is 24.3 Å². The van der Waals surface area contributed by atoms with Crippen LogP contribution in [0.3, 0.4) is 0 Å². The van der Waals surface area contributed by atoms with Crippen molar-refractivity contribution in [2.24, 2.45) is 0 Å². The van der Waals surface area contributed by atoms with E-state index in [0.29, 0.717) is 0 Å². The molecule has 2 aromatic rings. The molecule has 0 bridgehead atoms. The quantitative estimate of drug-likeness (QED) is 0.900. The van der Waals surface area contributed by atoms with Gasteiger partial charge in [0, 0.05) is 6.04 Å². The highest BCUT2D eigenvalue weighted by atomic mass is 19.4. The molecule has 8 heteroatoms. The molecular weight excluding hydrogens is 287 g/mol. The van der Waals surface area contributed by atoms with Crippen molar-refractivity contribution in [3.05, 3.63) is 30.1 Å². The van der Waals surface area contributed by atoms with Crippen molar-refractivity contribution in [1.82, 2.24) is 14.9 Å². The number of nitrogens with zero attached hydrogens (tertiary/aromatic N) is 2. The predicted molar refractivity (Wildman–Crippen MR) is 69.4 cm³/mol. The second kappa shape index (κ2) is 5.72. The number of rotatable bonds is 4. The number of para-hydroxylation sites is 2. The van der Waals surface area contributed by atoms with Gasteiger partial charge in [0.05, 0.1) is 17.6 Å². The highest BCUT2D eigenvalue weighted by molar-refractivity contribution is 5.81. The zero-order valence-electron chi connectivity index (χ0n) is 11.2. The minimum atomic E-state index is -4.65. The van der Waals surface area contributed by atoms with Crippen LogP contribution in [0.2, 0.25) is 0 Å². The molecule has 0 saturated carbocycles. The Balaban J connectivity index is 2.39. The molecule has 0 fully saturated rings. The number of carbonyl (C=O) groups excluding carboxylic acids is 1. The lowest BCUT2D eigenvalue weighted by molar-refractivity contribution is -0.147. The maximum Gasteiger partial charge on any atom is 0.449 e. The minimum absolute atomic E-state index is 0.174. The summed E-state index contributed by atoms with van der Waals surface area (Å²) in [5.41, 5.74) is 0.407. The fourth-order valence-electron chi connectivity index (χ4n) is 1.96. The van der Waals surface area contributed by atoms with Gasteiger partial charge in [0.2, 0.25) is 11.7 Å². The summed E-state index contributed by atoms with van der Waals surface area (Å²) in [6.45, 7) is 0.747. The summed E-state index contributed by atoms with van der Waals surface area (Å²) in [5, 5.41) is 11.3. The molecule has 1 aromatic heterocycles. The van der Waals surface area contributed by atoms with E-state index in [2.05, 4.69) is 10.3 Å². The molecule has 1 aromatic carbocycles. The Labute approximate surface area is 118 Å². The normalized spacial score (nSPS) is 13.4. The average molecular weight is 301 g/mol. The van der Waals surface area contributed by atoms with Crippen molar-refractivity contribution < 1.29 is 23.1 Å². The third-order valence-corrected chi connectivity index (χ3v) is 2.89. The number of aliphatic hydroxyl groups is 1. The highest BCUT2D eigenvalue weighted by Gasteiger charge is 2.38. The monoisotopic (exact) mass is 301 g/mol. The Morgan fingerprint density at radius 2 is 2.10 bits per heavy atom. The number of hydrogen-bond donors (Lipinski definition) is 2. The standard InChI is InChI=1S/C13H14F3N3O2/c1-8(7-20)17-11(21)6-19-10-5-3-2-4-9(10)18-12(19)13(14,15)16/h2-5,8,20H,6-7H2,1H3,(H,17,21). The molecule has 21 heavy (non-hydrogen) atoms. The van der Waals surface area contributed by atoms with Crippen LogP contribution in [0.1, 0.15) is 12.7 Å². The number of imidazole rings is 1. The fraction of sp³-hybridized carbons (Fsp3) is 0.385. The lowest BCUT2D eigenvalue weighted by Gasteiger charge is -2.14. The average Bonchev–Trinajstić information content (AvgIpc) is 2.77. The van der Waals surface area contributed by atoms with Crippen LogP contribution in [0.25, 0.3) is 11.0 Å². The van der Waals surface area contributed by atoms with Gasteiger partial charge < -0.3 is 15.0 Å². The zero-order valence-corrected chi connectivity index (χ0v) is 11.2. The van der Waals surface area contributed by atoms with Gasteiger partial charge in [-0.3, -0.25) is 4.79 Å². The van der Waals surface area contributed by atoms with Crippen molar-refractivity contribution in [2.45, 2.75) is 25.7 Å². The maximum absolute atomic E-state index is 13.0. The molecule has 1 unspecified atom stereocenters. The minimum Gasteiger partial charge on any atom is -0.394 e. The Hall–Kier alpha value is -2.09. The van der Waals surface area contributed by atoms with Crippen LogP contribution < -0.4 is 5.32 Å². The summed E-state index contributed by atoms with van der Waals surface area (Å²) < 4.78 is 39.9. The van der Waals surface area contributed by atoms with E-state index in [1.165, 1.54) is 12.1 Å². The first-order valence-electron chi connectivity index (χ1n) is 6.25. The molecule has 0 spiro atoms. The van der Waals surface area contributed by atoms with Gasteiger partial charge in [0.15, 0.2) is 0 Å². The number of nitrogens with one attached hydrogen (secondary N) is 1. The number of aromatic nitrogens is 2. The Kier molecular flexibility index (Phi) is 4.17. The van der Waals surface area contributed by atoms with Gasteiger partial charge in [-0.1, -0.05) is 12.1 Å². The summed E-state index contributed by atoms with van der Waals surface area (Å²) >= 11 is 0. The van der Waals surface area contributed by atoms with E-state index in [1.807, 2.05) is 0 Å². The number of hydrogen-bond acceptors (Lipinski definition) is 3. The van der Waals surface area contributed by atoms with Crippen molar-refractivity contribution in [3.63, 3.8) is 0 Å². The first-order chi connectivity index (χ1) is 9.82. The predicted octanol–water partition coefficient (Wildman–Crippen LogP) is 1.55. The van der Waals surface area contributed by atoms with Crippen LogP contribution in [-0.4, -0.2) is 33.2 Å². The Morgan fingerprint density at radius 3 is 2.71 bits per heavy atom. The SMILES string of the molecule is CC(CO)NC(=O)Cn1c(C(F)(F)F)nc2ccccc21. The number of alkyl halides is 3. The van der Waals surface area contributed by atoms with Gasteiger partial charge in [0.25, 0.3) is 0 Å². The second-order valence-corrected chi connectivity index (χ2v) is 4.66. The molecule has 0 aliphatic carbocycles. The van der Waals surface area contributed by atoms with Gasteiger partial charge in [-0.05, 0) is 19.1 Å². The van der Waals surface area contributed by atoms with E-state index in [9.17, 15) is 18.0 Å². The third kappa shape index (κ3) is 3.33. The molecule has 5 nitrogen and oxygen atoms in total. The van der Waals surface area contributed by atoms with Crippen LogP contribution >= 0.6 is 0 Å². The molecule has 0 aliphatic heterocycles. The second-order valence-electron chi connectivity index (χ2n) is 4.66. The van der Waals surface area contributed by atoms with Crippen molar-refractivity contribution in [3.8, 4) is 0 Å². The van der Waals surface area contributed by atoms with E-state index in [4.69, 9.17) is 5.11 Å². The maximum atomic E-state index is 13.0. The van der Waals surface area contributed by atoms with Crippen LogP contribution in [0.4, 0.5) is 13.2 Å². The molecule has 0 radical (unpaired) electrons. The summed E-state index contributed by atoms with van der Waals surface area (Å²) in [4.78, 5) is 15.3. The number of carbonyl (C=O) groups is 1. The number of aliphatic hydroxyl groups excluding tert-OH is 1. The molecule has 0 saturated heterocycles. The van der Waals surface area contributed by atoms with E-state index >= 15 is 0 Å². The fourth-order valence-corrected chi connectivity index (χ4v) is 1.96. The Morgan fingerprint density at radius 1 is 1.43 bits per heavy atom. The summed E-state index contributed by atoms with van der Waals surface area (Å²) in [7, 11) is 0. The van der Waals surface area contributed by atoms with Crippen LogP contribution in [0, 0.1) is 0 Å². The van der Waals surface area contributed by atoms with Gasteiger partial charge in [-0.15, -0.1) is 0 Å². The molecule has 1 heterocycles. The number of amides is 1. The molecule has 1 amide bonds. The Bertz CT molecular complexity index is 652. The number of fused-ring (bicyclic) bond motifs is 1. The first kappa shape index (κ1) is 15.3. The van der Waals surface area contributed by atoms with Gasteiger partial charge in [0.1, 0.15) is 6.54 Å². The molecule has 0 aliphatic rings. The zero-order chi connectivity index (χ0) is 15.6. The van der Waals surface area contributed by atoms with E-state index < -0.39 is 30.5 Å². The summed E-state index contributed by atoms with van der Waals surface area (Å²) in [6, 6.07) is 5.56. The molecular formula is C13H14F3N3O2. The number of halogens is 3. The third-order valence-electron chi connectivity index (χ3n) is 2.89. The van der Waals surface area contributed by atoms with Crippen LogP contribution in [-0.2, 0) is 17.5 Å². The van der Waals surface area contributed by atoms with Gasteiger partial charge >= 0.3 is 6.18 Å². The largest absolute Gasteiger partial charge is 0.449 e. The lowest BCUT2D eigenvalue weighted by atomic mass is 10.3.